The lowest BCUT2D eigenvalue weighted by atomic mass is 9.99. The van der Waals surface area contributed by atoms with Crippen molar-refractivity contribution in [3.63, 3.8) is 0 Å². The first-order valence-electron chi connectivity index (χ1n) is 9.40. The van der Waals surface area contributed by atoms with Gasteiger partial charge in [0.2, 0.25) is 0 Å². The first-order chi connectivity index (χ1) is 12.2. The van der Waals surface area contributed by atoms with Gasteiger partial charge in [0.25, 0.3) is 0 Å². The zero-order valence-corrected chi connectivity index (χ0v) is 16.1. The quantitative estimate of drug-likeness (QED) is 0.710. The van der Waals surface area contributed by atoms with E-state index < -0.39 is 0 Å². The Labute approximate surface area is 157 Å². The number of rotatable bonds is 5. The van der Waals surface area contributed by atoms with E-state index in [1.54, 1.807) is 6.33 Å². The van der Waals surface area contributed by atoms with Crippen LogP contribution in [-0.4, -0.2) is 40.7 Å². The molecule has 3 heterocycles. The predicted molar refractivity (Wildman–Crippen MR) is 104 cm³/mol. The van der Waals surface area contributed by atoms with Gasteiger partial charge in [-0.25, -0.2) is 9.97 Å². The van der Waals surface area contributed by atoms with E-state index in [0.717, 1.165) is 40.4 Å². The molecule has 0 radical (unpaired) electrons. The van der Waals surface area contributed by atoms with Crippen LogP contribution < -0.4 is 16.4 Å². The van der Waals surface area contributed by atoms with Gasteiger partial charge in [0.15, 0.2) is 0 Å². The zero-order valence-electron chi connectivity index (χ0n) is 14.5. The molecule has 3 atom stereocenters. The summed E-state index contributed by atoms with van der Waals surface area (Å²) in [4.78, 5) is 8.59. The van der Waals surface area contributed by atoms with Crippen LogP contribution in [0.2, 0.25) is 0 Å². The van der Waals surface area contributed by atoms with Gasteiger partial charge in [-0.3, -0.25) is 0 Å². The van der Waals surface area contributed by atoms with E-state index in [0.29, 0.717) is 11.9 Å². The number of anilines is 1. The lowest BCUT2D eigenvalue weighted by molar-refractivity contribution is 0.347. The van der Waals surface area contributed by atoms with Gasteiger partial charge < -0.3 is 20.9 Å². The Morgan fingerprint density at radius 2 is 2.12 bits per heavy atom. The van der Waals surface area contributed by atoms with Crippen LogP contribution in [-0.2, 0) is 0 Å². The molecule has 2 aromatic rings. The van der Waals surface area contributed by atoms with Crippen molar-refractivity contribution in [1.29, 1.82) is 0 Å². The van der Waals surface area contributed by atoms with Crippen LogP contribution in [0.5, 0.6) is 0 Å². The SMILES string of the molecule is Nc1ncnc2c1c(Br)cn2[C@H]1CC[C@@H](CNC[C@H]2CCCNC2)C1. The third kappa shape index (κ3) is 3.68. The van der Waals surface area contributed by atoms with Crippen LogP contribution in [0.4, 0.5) is 5.82 Å². The molecule has 1 aliphatic heterocycles. The largest absolute Gasteiger partial charge is 0.383 e. The maximum atomic E-state index is 6.02. The second-order valence-corrected chi connectivity index (χ2v) is 8.40. The number of nitrogens with zero attached hydrogens (tertiary/aromatic N) is 3. The number of halogens is 1. The lowest BCUT2D eigenvalue weighted by Gasteiger charge is -2.23. The summed E-state index contributed by atoms with van der Waals surface area (Å²) in [5.41, 5.74) is 6.97. The molecule has 0 bridgehead atoms. The Balaban J connectivity index is 1.35. The average molecular weight is 407 g/mol. The summed E-state index contributed by atoms with van der Waals surface area (Å²) in [5.74, 6) is 2.10. The van der Waals surface area contributed by atoms with Crippen molar-refractivity contribution in [3.8, 4) is 0 Å². The van der Waals surface area contributed by atoms with Crippen LogP contribution >= 0.6 is 15.9 Å². The molecule has 7 heteroatoms. The molecule has 4 rings (SSSR count). The van der Waals surface area contributed by atoms with E-state index in [4.69, 9.17) is 5.73 Å². The smallest absolute Gasteiger partial charge is 0.146 e. The molecule has 136 valence electrons. The van der Waals surface area contributed by atoms with Gasteiger partial charge in [-0.2, -0.15) is 0 Å². The number of nitrogen functional groups attached to an aromatic ring is 1. The van der Waals surface area contributed by atoms with Gasteiger partial charge in [-0.05, 0) is 86.0 Å². The van der Waals surface area contributed by atoms with Crippen molar-refractivity contribution in [1.82, 2.24) is 25.2 Å². The number of fused-ring (bicyclic) bond motifs is 1. The summed E-state index contributed by atoms with van der Waals surface area (Å²) < 4.78 is 3.29. The van der Waals surface area contributed by atoms with E-state index in [9.17, 15) is 0 Å². The molecule has 2 aromatic heterocycles. The third-order valence-electron chi connectivity index (χ3n) is 5.76. The van der Waals surface area contributed by atoms with Crippen LogP contribution in [0.1, 0.15) is 38.1 Å². The topological polar surface area (TPSA) is 80.8 Å². The molecule has 1 saturated heterocycles. The summed E-state index contributed by atoms with van der Waals surface area (Å²) in [6.07, 6.45) is 10.1. The Hall–Kier alpha value is -1.18. The van der Waals surface area contributed by atoms with Gasteiger partial charge in [-0.1, -0.05) is 0 Å². The Bertz CT molecular complexity index is 724. The molecule has 1 saturated carbocycles. The fourth-order valence-corrected chi connectivity index (χ4v) is 5.02. The van der Waals surface area contributed by atoms with Crippen molar-refractivity contribution in [2.45, 2.75) is 38.1 Å². The second kappa shape index (κ2) is 7.60. The molecule has 2 fully saturated rings. The number of aromatic nitrogens is 3. The zero-order chi connectivity index (χ0) is 17.2. The van der Waals surface area contributed by atoms with E-state index in [1.165, 1.54) is 45.2 Å². The van der Waals surface area contributed by atoms with E-state index >= 15 is 0 Å². The van der Waals surface area contributed by atoms with Gasteiger partial charge in [-0.15, -0.1) is 0 Å². The van der Waals surface area contributed by atoms with Crippen LogP contribution in [0.25, 0.3) is 11.0 Å². The Morgan fingerprint density at radius 3 is 2.96 bits per heavy atom. The van der Waals surface area contributed by atoms with Crippen molar-refractivity contribution in [2.75, 3.05) is 31.9 Å². The van der Waals surface area contributed by atoms with E-state index in [1.807, 2.05) is 0 Å². The number of hydrogen-bond donors (Lipinski definition) is 3. The van der Waals surface area contributed by atoms with Gasteiger partial charge in [0, 0.05) is 16.7 Å². The third-order valence-corrected chi connectivity index (χ3v) is 6.37. The Morgan fingerprint density at radius 1 is 1.24 bits per heavy atom. The fraction of sp³-hybridized carbons (Fsp3) is 0.667. The highest BCUT2D eigenvalue weighted by atomic mass is 79.9. The van der Waals surface area contributed by atoms with Crippen molar-refractivity contribution in [2.24, 2.45) is 11.8 Å². The van der Waals surface area contributed by atoms with Gasteiger partial charge in [0.1, 0.15) is 17.8 Å². The number of piperidine rings is 1. The molecule has 0 aromatic carbocycles. The highest BCUT2D eigenvalue weighted by Crippen LogP contribution is 2.39. The predicted octanol–water partition coefficient (Wildman–Crippen LogP) is 2.71. The summed E-state index contributed by atoms with van der Waals surface area (Å²) in [6, 6.07) is 0.506. The van der Waals surface area contributed by atoms with Crippen molar-refractivity contribution < 1.29 is 0 Å². The minimum atomic E-state index is 0.506. The standard InChI is InChI=1S/C18H27BrN6/c19-15-10-25(18-16(15)17(20)23-11-24-18)14-4-3-12(6-14)7-22-9-13-2-1-5-21-8-13/h10-14,21-22H,1-9H2,(H2,20,23,24)/t12-,13+,14+/m1/s1. The van der Waals surface area contributed by atoms with Crippen LogP contribution in [0, 0.1) is 11.8 Å². The minimum Gasteiger partial charge on any atom is -0.383 e. The molecule has 0 unspecified atom stereocenters. The summed E-state index contributed by atoms with van der Waals surface area (Å²) in [5, 5.41) is 8.15. The van der Waals surface area contributed by atoms with Gasteiger partial charge in [0.05, 0.1) is 5.39 Å². The molecule has 6 nitrogen and oxygen atoms in total. The second-order valence-electron chi connectivity index (χ2n) is 7.55. The molecule has 25 heavy (non-hydrogen) atoms. The van der Waals surface area contributed by atoms with Crippen LogP contribution in [0.15, 0.2) is 17.0 Å². The Kier molecular flexibility index (Phi) is 5.24. The van der Waals surface area contributed by atoms with Gasteiger partial charge >= 0.3 is 0 Å². The molecular formula is C18H27BrN6. The summed E-state index contributed by atoms with van der Waals surface area (Å²) >= 11 is 3.62. The lowest BCUT2D eigenvalue weighted by Crippen LogP contribution is -2.37. The number of nitrogens with two attached hydrogens (primary N) is 1. The fourth-order valence-electron chi connectivity index (χ4n) is 4.42. The number of hydrogen-bond acceptors (Lipinski definition) is 5. The molecule has 0 amide bonds. The van der Waals surface area contributed by atoms with E-state index in [-0.39, 0.29) is 0 Å². The van der Waals surface area contributed by atoms with E-state index in [2.05, 4.69) is 47.3 Å². The average Bonchev–Trinajstić information content (AvgIpc) is 3.21. The molecule has 0 spiro atoms. The summed E-state index contributed by atoms with van der Waals surface area (Å²) in [6.45, 7) is 4.64. The monoisotopic (exact) mass is 406 g/mol. The minimum absolute atomic E-state index is 0.506. The van der Waals surface area contributed by atoms with Crippen molar-refractivity contribution in [3.05, 3.63) is 17.0 Å². The first kappa shape index (κ1) is 17.2. The first-order valence-corrected chi connectivity index (χ1v) is 10.2. The maximum Gasteiger partial charge on any atom is 0.146 e. The molecule has 2 aliphatic rings. The number of nitrogens with one attached hydrogen (secondary N) is 2. The molecular weight excluding hydrogens is 380 g/mol. The maximum absolute atomic E-state index is 6.02. The van der Waals surface area contributed by atoms with Crippen LogP contribution in [0.3, 0.4) is 0 Å². The van der Waals surface area contributed by atoms with Crippen molar-refractivity contribution >= 4 is 32.8 Å². The summed E-state index contributed by atoms with van der Waals surface area (Å²) in [7, 11) is 0. The molecule has 4 N–H and O–H groups in total. The molecule has 1 aliphatic carbocycles. The normalized spacial score (nSPS) is 27.2. The highest BCUT2D eigenvalue weighted by molar-refractivity contribution is 9.10. The highest BCUT2D eigenvalue weighted by Gasteiger charge is 2.28.